The molecule has 2 aromatic rings. The van der Waals surface area contributed by atoms with Gasteiger partial charge in [0.1, 0.15) is 0 Å². The van der Waals surface area contributed by atoms with Crippen LogP contribution in [0, 0.1) is 0 Å². The fraction of sp³-hybridized carbons (Fsp3) is 0.304. The molecule has 0 saturated carbocycles. The summed E-state index contributed by atoms with van der Waals surface area (Å²) in [4.78, 5) is 28.6. The van der Waals surface area contributed by atoms with Crippen LogP contribution in [0.1, 0.15) is 17.5 Å². The van der Waals surface area contributed by atoms with E-state index in [-0.39, 0.29) is 5.91 Å². The van der Waals surface area contributed by atoms with Gasteiger partial charge in [0.25, 0.3) is 5.91 Å². The number of halogens is 1. The predicted molar refractivity (Wildman–Crippen MR) is 120 cm³/mol. The van der Waals surface area contributed by atoms with Crippen molar-refractivity contribution in [3.63, 3.8) is 0 Å². The number of nitrogens with one attached hydrogen (secondary N) is 2. The smallest absolute Gasteiger partial charge is 0.262 e. The van der Waals surface area contributed by atoms with E-state index in [0.29, 0.717) is 18.0 Å². The normalized spacial score (nSPS) is 15.2. The highest BCUT2D eigenvalue weighted by Crippen LogP contribution is 2.16. The maximum Gasteiger partial charge on any atom is 0.262 e. The van der Waals surface area contributed by atoms with Crippen LogP contribution in [0.3, 0.4) is 0 Å². The highest BCUT2D eigenvalue weighted by molar-refractivity contribution is 6.32. The number of benzene rings is 2. The molecule has 0 radical (unpaired) electrons. The number of carbonyl (C=O) groups excluding carboxylic acids is 2. The van der Waals surface area contributed by atoms with Crippen LogP contribution in [-0.4, -0.2) is 54.3 Å². The Kier molecular flexibility index (Phi) is 8.44. The van der Waals surface area contributed by atoms with E-state index in [4.69, 9.17) is 11.6 Å². The van der Waals surface area contributed by atoms with Gasteiger partial charge in [-0.05, 0) is 23.3 Å². The van der Waals surface area contributed by atoms with Crippen LogP contribution in [0.5, 0.6) is 0 Å². The molecule has 0 aliphatic carbocycles. The van der Waals surface area contributed by atoms with Crippen molar-refractivity contribution in [1.82, 2.24) is 20.7 Å². The second-order valence-corrected chi connectivity index (χ2v) is 7.65. The van der Waals surface area contributed by atoms with Gasteiger partial charge in [0.2, 0.25) is 5.91 Å². The Morgan fingerprint density at radius 3 is 2.30 bits per heavy atom. The first-order valence-corrected chi connectivity index (χ1v) is 10.5. The number of hydrazine groups is 1. The lowest BCUT2D eigenvalue weighted by atomic mass is 10.2. The lowest BCUT2D eigenvalue weighted by molar-refractivity contribution is -0.127. The molecule has 1 aliphatic heterocycles. The molecule has 6 nitrogen and oxygen atoms in total. The van der Waals surface area contributed by atoms with Gasteiger partial charge in [0, 0.05) is 56.8 Å². The van der Waals surface area contributed by atoms with E-state index >= 15 is 0 Å². The summed E-state index contributed by atoms with van der Waals surface area (Å²) in [7, 11) is 0. The molecule has 2 aromatic carbocycles. The molecule has 0 spiro atoms. The number of amides is 2. The third-order valence-electron chi connectivity index (χ3n) is 5.01. The fourth-order valence-corrected chi connectivity index (χ4v) is 3.48. The van der Waals surface area contributed by atoms with Gasteiger partial charge < -0.3 is 4.90 Å². The van der Waals surface area contributed by atoms with Gasteiger partial charge in [0.05, 0.1) is 0 Å². The number of hydrogen-bond donors (Lipinski definition) is 2. The van der Waals surface area contributed by atoms with E-state index in [2.05, 4.69) is 44.9 Å². The molecule has 3 rings (SSSR count). The topological polar surface area (TPSA) is 64.7 Å². The SMILES string of the molecule is O=C(C=Cc1ccccc1Cl)NNC(=O)CCN1CCN(Cc2ccccc2)CC1. The van der Waals surface area contributed by atoms with E-state index in [9.17, 15) is 9.59 Å². The Hall–Kier alpha value is -2.67. The van der Waals surface area contributed by atoms with Crippen LogP contribution < -0.4 is 10.9 Å². The number of piperazine rings is 1. The van der Waals surface area contributed by atoms with Crippen molar-refractivity contribution >= 4 is 29.5 Å². The molecular formula is C23H27ClN4O2. The molecular weight excluding hydrogens is 400 g/mol. The fourth-order valence-electron chi connectivity index (χ4n) is 3.28. The largest absolute Gasteiger partial charge is 0.300 e. The molecule has 0 unspecified atom stereocenters. The van der Waals surface area contributed by atoms with Crippen LogP contribution in [0.25, 0.3) is 6.08 Å². The number of rotatable bonds is 7. The van der Waals surface area contributed by atoms with Crippen molar-refractivity contribution < 1.29 is 9.59 Å². The van der Waals surface area contributed by atoms with Gasteiger partial charge >= 0.3 is 0 Å². The number of nitrogens with zero attached hydrogens (tertiary/aromatic N) is 2. The summed E-state index contributed by atoms with van der Waals surface area (Å²) in [5.41, 5.74) is 6.92. The van der Waals surface area contributed by atoms with Crippen molar-refractivity contribution in [2.75, 3.05) is 32.7 Å². The van der Waals surface area contributed by atoms with Crippen LogP contribution in [0.4, 0.5) is 0 Å². The second-order valence-electron chi connectivity index (χ2n) is 7.25. The van der Waals surface area contributed by atoms with Crippen LogP contribution in [0.2, 0.25) is 5.02 Å². The quantitative estimate of drug-likeness (QED) is 0.527. The Labute approximate surface area is 182 Å². The Morgan fingerprint density at radius 2 is 1.57 bits per heavy atom. The van der Waals surface area contributed by atoms with Crippen molar-refractivity contribution in [3.8, 4) is 0 Å². The summed E-state index contributed by atoms with van der Waals surface area (Å²) in [6, 6.07) is 17.7. The van der Waals surface area contributed by atoms with Gasteiger partial charge in [0.15, 0.2) is 0 Å². The minimum Gasteiger partial charge on any atom is -0.300 e. The lowest BCUT2D eigenvalue weighted by Crippen LogP contribution is -2.47. The lowest BCUT2D eigenvalue weighted by Gasteiger charge is -2.34. The average molecular weight is 427 g/mol. The summed E-state index contributed by atoms with van der Waals surface area (Å²) in [5, 5.41) is 0.564. The monoisotopic (exact) mass is 426 g/mol. The molecule has 158 valence electrons. The summed E-state index contributed by atoms with van der Waals surface area (Å²) < 4.78 is 0. The molecule has 30 heavy (non-hydrogen) atoms. The van der Waals surface area contributed by atoms with E-state index in [0.717, 1.165) is 38.3 Å². The first-order valence-electron chi connectivity index (χ1n) is 10.1. The maximum atomic E-state index is 12.0. The summed E-state index contributed by atoms with van der Waals surface area (Å²) in [6.07, 6.45) is 3.29. The average Bonchev–Trinajstić information content (AvgIpc) is 2.77. The standard InChI is InChI=1S/C23H27ClN4O2/c24-21-9-5-4-8-20(21)10-11-22(29)25-26-23(30)12-13-27-14-16-28(17-15-27)18-19-6-2-1-3-7-19/h1-11H,12-18H2,(H,25,29)(H,26,30). The second kappa shape index (κ2) is 11.5. The third-order valence-corrected chi connectivity index (χ3v) is 5.36. The van der Waals surface area contributed by atoms with Crippen LogP contribution in [-0.2, 0) is 16.1 Å². The molecule has 0 atom stereocenters. The van der Waals surface area contributed by atoms with Crippen molar-refractivity contribution in [2.24, 2.45) is 0 Å². The molecule has 7 heteroatoms. The molecule has 0 aromatic heterocycles. The summed E-state index contributed by atoms with van der Waals surface area (Å²) in [5.74, 6) is -0.612. The van der Waals surface area contributed by atoms with E-state index in [1.807, 2.05) is 24.3 Å². The van der Waals surface area contributed by atoms with Gasteiger partial charge in [-0.1, -0.05) is 60.1 Å². The number of hydrogen-bond acceptors (Lipinski definition) is 4. The predicted octanol–water partition coefficient (Wildman–Crippen LogP) is 2.71. The van der Waals surface area contributed by atoms with Gasteiger partial charge in [-0.25, -0.2) is 0 Å². The summed E-state index contributed by atoms with van der Waals surface area (Å²) in [6.45, 7) is 5.49. The molecule has 2 N–H and O–H groups in total. The highest BCUT2D eigenvalue weighted by Gasteiger charge is 2.17. The maximum absolute atomic E-state index is 12.0. The van der Waals surface area contributed by atoms with Gasteiger partial charge in [-0.15, -0.1) is 0 Å². The number of carbonyl (C=O) groups is 2. The Bertz CT molecular complexity index is 865. The minimum absolute atomic E-state index is 0.207. The van der Waals surface area contributed by atoms with Gasteiger partial charge in [-0.3, -0.25) is 25.3 Å². The zero-order valence-corrected chi connectivity index (χ0v) is 17.6. The van der Waals surface area contributed by atoms with E-state index in [1.165, 1.54) is 11.6 Å². The van der Waals surface area contributed by atoms with Crippen molar-refractivity contribution in [1.29, 1.82) is 0 Å². The molecule has 2 amide bonds. The molecule has 1 saturated heterocycles. The van der Waals surface area contributed by atoms with Crippen LogP contribution in [0.15, 0.2) is 60.7 Å². The molecule has 1 heterocycles. The zero-order valence-electron chi connectivity index (χ0n) is 16.9. The molecule has 1 fully saturated rings. The zero-order chi connectivity index (χ0) is 21.2. The van der Waals surface area contributed by atoms with Crippen molar-refractivity contribution in [2.45, 2.75) is 13.0 Å². The Morgan fingerprint density at radius 1 is 0.900 bits per heavy atom. The molecule has 1 aliphatic rings. The third kappa shape index (κ3) is 7.30. The first kappa shape index (κ1) is 22.0. The highest BCUT2D eigenvalue weighted by atomic mass is 35.5. The Balaban J connectivity index is 1.30. The molecule has 0 bridgehead atoms. The summed E-state index contributed by atoms with van der Waals surface area (Å²) >= 11 is 6.04. The first-order chi connectivity index (χ1) is 14.6. The minimum atomic E-state index is -0.405. The van der Waals surface area contributed by atoms with Crippen LogP contribution >= 0.6 is 11.6 Å². The van der Waals surface area contributed by atoms with E-state index in [1.54, 1.807) is 12.1 Å². The van der Waals surface area contributed by atoms with Crippen molar-refractivity contribution in [3.05, 3.63) is 76.8 Å². The van der Waals surface area contributed by atoms with E-state index < -0.39 is 5.91 Å². The van der Waals surface area contributed by atoms with Gasteiger partial charge in [-0.2, -0.15) is 0 Å².